The van der Waals surface area contributed by atoms with Gasteiger partial charge in [0, 0.05) is 19.3 Å². The Morgan fingerprint density at radius 2 is 1.62 bits per heavy atom. The topological polar surface area (TPSA) is 34.1 Å². The summed E-state index contributed by atoms with van der Waals surface area (Å²) in [4.78, 5) is 7.37. The zero-order valence-corrected chi connectivity index (χ0v) is 19.1. The van der Waals surface area contributed by atoms with Gasteiger partial charge in [-0.3, -0.25) is 9.89 Å². The predicted molar refractivity (Wildman–Crippen MR) is 130 cm³/mol. The van der Waals surface area contributed by atoms with Gasteiger partial charge in [0.05, 0.1) is 22.1 Å². The summed E-state index contributed by atoms with van der Waals surface area (Å²) in [6, 6.07) is 22.9. The average Bonchev–Trinajstić information content (AvgIpc) is 3.30. The van der Waals surface area contributed by atoms with E-state index >= 15 is 0 Å². The van der Waals surface area contributed by atoms with E-state index in [-0.39, 0.29) is 12.8 Å². The van der Waals surface area contributed by atoms with Crippen LogP contribution in [-0.2, 0) is 0 Å². The number of fused-ring (bicyclic) bond motifs is 1. The molecule has 0 radical (unpaired) electrons. The number of piperidine rings is 1. The van der Waals surface area contributed by atoms with E-state index in [4.69, 9.17) is 37.7 Å². The quantitative estimate of drug-likeness (QED) is 0.408. The van der Waals surface area contributed by atoms with Crippen LogP contribution in [0.3, 0.4) is 0 Å². The van der Waals surface area contributed by atoms with Gasteiger partial charge in [-0.1, -0.05) is 59.6 Å². The summed E-state index contributed by atoms with van der Waals surface area (Å²) in [5, 5.41) is 1.17. The third-order valence-corrected chi connectivity index (χ3v) is 6.81. The van der Waals surface area contributed by atoms with E-state index in [2.05, 4.69) is 35.2 Å². The van der Waals surface area contributed by atoms with Crippen LogP contribution in [0.25, 0.3) is 0 Å². The molecule has 164 valence electrons. The van der Waals surface area contributed by atoms with Gasteiger partial charge in [-0.05, 0) is 59.9 Å². The third-order valence-electron chi connectivity index (χ3n) is 6.07. The van der Waals surface area contributed by atoms with Crippen molar-refractivity contribution >= 4 is 29.4 Å². The minimum atomic E-state index is 0.143. The smallest absolute Gasteiger partial charge is 0.231 e. The molecule has 1 saturated heterocycles. The lowest BCUT2D eigenvalue weighted by atomic mass is 9.94. The fourth-order valence-electron chi connectivity index (χ4n) is 4.41. The Hall–Kier alpha value is -2.53. The highest BCUT2D eigenvalue weighted by Crippen LogP contribution is 2.35. The van der Waals surface area contributed by atoms with Crippen LogP contribution in [0, 0.1) is 0 Å². The van der Waals surface area contributed by atoms with Crippen molar-refractivity contribution in [2.75, 3.05) is 19.9 Å². The summed E-state index contributed by atoms with van der Waals surface area (Å²) >= 11 is 12.5. The van der Waals surface area contributed by atoms with Crippen LogP contribution in [0.15, 0.2) is 71.7 Å². The van der Waals surface area contributed by atoms with Crippen molar-refractivity contribution in [2.24, 2.45) is 4.99 Å². The molecule has 0 amide bonds. The van der Waals surface area contributed by atoms with Crippen molar-refractivity contribution in [1.29, 1.82) is 0 Å². The Balaban J connectivity index is 1.30. The Labute approximate surface area is 198 Å². The monoisotopic (exact) mass is 466 g/mol. The summed E-state index contributed by atoms with van der Waals surface area (Å²) in [6.07, 6.45) is 3.97. The second kappa shape index (κ2) is 9.53. The molecule has 3 aromatic rings. The molecule has 0 N–H and O–H groups in total. The summed E-state index contributed by atoms with van der Waals surface area (Å²) in [5.74, 6) is 1.58. The van der Waals surface area contributed by atoms with Gasteiger partial charge < -0.3 is 9.47 Å². The molecule has 0 bridgehead atoms. The molecule has 2 heterocycles. The van der Waals surface area contributed by atoms with E-state index in [1.165, 1.54) is 5.56 Å². The number of rotatable bonds is 5. The Morgan fingerprint density at radius 3 is 2.41 bits per heavy atom. The molecule has 4 nitrogen and oxygen atoms in total. The van der Waals surface area contributed by atoms with Crippen molar-refractivity contribution < 1.29 is 9.47 Å². The SMILES string of the molecule is Clc1ccc(C(c2ccccc2)N2CCC(/N=C\c3ccc4c(c3)OCO4)CC2)cc1Cl. The van der Waals surface area contributed by atoms with Gasteiger partial charge in [0.15, 0.2) is 11.5 Å². The molecule has 0 saturated carbocycles. The van der Waals surface area contributed by atoms with Crippen molar-refractivity contribution in [1.82, 2.24) is 4.90 Å². The molecule has 0 aromatic heterocycles. The first-order chi connectivity index (χ1) is 15.7. The first-order valence-corrected chi connectivity index (χ1v) is 11.6. The third kappa shape index (κ3) is 4.63. The number of ether oxygens (including phenoxy) is 2. The maximum atomic E-state index is 6.36. The van der Waals surface area contributed by atoms with Gasteiger partial charge in [0.2, 0.25) is 6.79 Å². The molecular formula is C26H24Cl2N2O2. The maximum absolute atomic E-state index is 6.36. The highest BCUT2D eigenvalue weighted by Gasteiger charge is 2.27. The average molecular weight is 467 g/mol. The zero-order chi connectivity index (χ0) is 21.9. The fourth-order valence-corrected chi connectivity index (χ4v) is 4.72. The summed E-state index contributed by atoms with van der Waals surface area (Å²) < 4.78 is 10.8. The first-order valence-electron chi connectivity index (χ1n) is 10.8. The molecule has 2 aliphatic heterocycles. The Kier molecular flexibility index (Phi) is 6.35. The van der Waals surface area contributed by atoms with Crippen LogP contribution in [0.4, 0.5) is 0 Å². The number of nitrogens with zero attached hydrogens (tertiary/aromatic N) is 2. The predicted octanol–water partition coefficient (Wildman–Crippen LogP) is 6.40. The van der Waals surface area contributed by atoms with Crippen molar-refractivity contribution in [3.8, 4) is 11.5 Å². The van der Waals surface area contributed by atoms with Crippen LogP contribution in [0.2, 0.25) is 10.0 Å². The molecule has 3 aromatic carbocycles. The second-order valence-corrected chi connectivity index (χ2v) is 8.96. The molecule has 0 aliphatic carbocycles. The van der Waals surface area contributed by atoms with Gasteiger partial charge in [-0.2, -0.15) is 0 Å². The number of aliphatic imine (C=N–C) groups is 1. The molecule has 5 rings (SSSR count). The van der Waals surface area contributed by atoms with Crippen molar-refractivity contribution in [3.63, 3.8) is 0 Å². The number of halogens is 2. The molecule has 32 heavy (non-hydrogen) atoms. The lowest BCUT2D eigenvalue weighted by Gasteiger charge is -2.37. The fraction of sp³-hybridized carbons (Fsp3) is 0.269. The van der Waals surface area contributed by atoms with Gasteiger partial charge >= 0.3 is 0 Å². The number of likely N-dealkylation sites (tertiary alicyclic amines) is 1. The molecular weight excluding hydrogens is 443 g/mol. The summed E-state index contributed by atoms with van der Waals surface area (Å²) in [6.45, 7) is 2.21. The van der Waals surface area contributed by atoms with Crippen LogP contribution in [0.1, 0.15) is 35.6 Å². The molecule has 6 heteroatoms. The number of benzene rings is 3. The van der Waals surface area contributed by atoms with Gasteiger partial charge in [0.25, 0.3) is 0 Å². The number of hydrogen-bond acceptors (Lipinski definition) is 4. The molecule has 0 spiro atoms. The molecule has 2 aliphatic rings. The summed E-state index contributed by atoms with van der Waals surface area (Å²) in [5.41, 5.74) is 3.45. The first kappa shape index (κ1) is 21.3. The standard InChI is InChI=1S/C26H24Cl2N2O2/c27-22-8-7-20(15-23(22)28)26(19-4-2-1-3-5-19)30-12-10-21(11-13-30)29-16-18-6-9-24-25(14-18)32-17-31-24/h1-9,14-16,21,26H,10-13,17H2/b29-16-. The normalized spacial score (nSPS) is 17.7. The van der Waals surface area contributed by atoms with E-state index in [1.807, 2.05) is 42.6 Å². The van der Waals surface area contributed by atoms with E-state index in [9.17, 15) is 0 Å². The van der Waals surface area contributed by atoms with Crippen molar-refractivity contribution in [3.05, 3.63) is 93.5 Å². The van der Waals surface area contributed by atoms with Crippen LogP contribution in [-0.4, -0.2) is 37.0 Å². The van der Waals surface area contributed by atoms with E-state index in [0.717, 1.165) is 48.6 Å². The lowest BCUT2D eigenvalue weighted by molar-refractivity contribution is 0.174. The molecule has 1 atom stereocenters. The van der Waals surface area contributed by atoms with Gasteiger partial charge in [-0.25, -0.2) is 0 Å². The lowest BCUT2D eigenvalue weighted by Crippen LogP contribution is -2.38. The Bertz CT molecular complexity index is 1110. The van der Waals surface area contributed by atoms with E-state index in [1.54, 1.807) is 0 Å². The molecule has 1 fully saturated rings. The zero-order valence-electron chi connectivity index (χ0n) is 17.6. The molecule has 1 unspecified atom stereocenters. The van der Waals surface area contributed by atoms with E-state index in [0.29, 0.717) is 16.1 Å². The Morgan fingerprint density at radius 1 is 0.844 bits per heavy atom. The van der Waals surface area contributed by atoms with Crippen LogP contribution >= 0.6 is 23.2 Å². The highest BCUT2D eigenvalue weighted by molar-refractivity contribution is 6.42. The minimum absolute atomic E-state index is 0.143. The van der Waals surface area contributed by atoms with Crippen LogP contribution in [0.5, 0.6) is 11.5 Å². The van der Waals surface area contributed by atoms with E-state index < -0.39 is 0 Å². The largest absolute Gasteiger partial charge is 0.454 e. The second-order valence-electron chi connectivity index (χ2n) is 8.14. The van der Waals surface area contributed by atoms with Gasteiger partial charge in [0.1, 0.15) is 0 Å². The minimum Gasteiger partial charge on any atom is -0.454 e. The van der Waals surface area contributed by atoms with Crippen molar-refractivity contribution in [2.45, 2.75) is 24.9 Å². The van der Waals surface area contributed by atoms with Crippen LogP contribution < -0.4 is 9.47 Å². The van der Waals surface area contributed by atoms with Gasteiger partial charge in [-0.15, -0.1) is 0 Å². The highest BCUT2D eigenvalue weighted by atomic mass is 35.5. The summed E-state index contributed by atoms with van der Waals surface area (Å²) in [7, 11) is 0. The maximum Gasteiger partial charge on any atom is 0.231 e. The number of hydrogen-bond donors (Lipinski definition) is 0.